The summed E-state index contributed by atoms with van der Waals surface area (Å²) in [5.74, 6) is -0.206. The number of hydrogen-bond donors (Lipinski definition) is 1. The summed E-state index contributed by atoms with van der Waals surface area (Å²) in [6.07, 6.45) is 7.81. The normalized spacial score (nSPS) is 14.2. The van der Waals surface area contributed by atoms with E-state index in [4.69, 9.17) is 0 Å². The number of carbonyl (C=O) groups excluding carboxylic acids is 1. The Balaban J connectivity index is 1.49. The maximum absolute atomic E-state index is 12.1. The van der Waals surface area contributed by atoms with Gasteiger partial charge in [-0.1, -0.05) is 18.2 Å². The average Bonchev–Trinajstić information content (AvgIpc) is 3.23. The minimum atomic E-state index is -0.206. The van der Waals surface area contributed by atoms with Gasteiger partial charge in [-0.3, -0.25) is 4.79 Å². The summed E-state index contributed by atoms with van der Waals surface area (Å²) in [7, 11) is 4.03. The number of rotatable bonds is 6. The molecular formula is C22H26N4O. The fourth-order valence-electron chi connectivity index (χ4n) is 3.04. The molecule has 27 heavy (non-hydrogen) atoms. The Morgan fingerprint density at radius 2 is 1.70 bits per heavy atom. The number of amides is 1. The number of nitrogens with zero attached hydrogens (tertiary/aromatic N) is 3. The monoisotopic (exact) mass is 362 g/mol. The first-order valence-corrected chi connectivity index (χ1v) is 9.26. The van der Waals surface area contributed by atoms with Gasteiger partial charge in [0.1, 0.15) is 0 Å². The molecular weight excluding hydrogens is 336 g/mol. The number of nitrogens with one attached hydrogen (secondary N) is 1. The summed E-state index contributed by atoms with van der Waals surface area (Å²) in [5.41, 5.74) is 6.58. The van der Waals surface area contributed by atoms with E-state index >= 15 is 0 Å². The zero-order valence-electron chi connectivity index (χ0n) is 15.9. The molecule has 5 heteroatoms. The van der Waals surface area contributed by atoms with Crippen molar-refractivity contribution in [2.24, 2.45) is 5.10 Å². The fourth-order valence-corrected chi connectivity index (χ4v) is 3.04. The highest BCUT2D eigenvalue weighted by molar-refractivity contribution is 5.95. The highest BCUT2D eigenvalue weighted by Crippen LogP contribution is 2.20. The first kappa shape index (κ1) is 18.7. The summed E-state index contributed by atoms with van der Waals surface area (Å²) in [5, 5.41) is 3.98. The molecule has 0 spiro atoms. The number of benzene rings is 2. The lowest BCUT2D eigenvalue weighted by molar-refractivity contribution is 0.0955. The van der Waals surface area contributed by atoms with Crippen molar-refractivity contribution >= 4 is 29.6 Å². The van der Waals surface area contributed by atoms with Crippen molar-refractivity contribution in [2.45, 2.75) is 12.8 Å². The van der Waals surface area contributed by atoms with Gasteiger partial charge < -0.3 is 9.80 Å². The maximum atomic E-state index is 12.1. The Hall–Kier alpha value is -3.08. The molecule has 1 aliphatic rings. The molecule has 0 aliphatic carbocycles. The molecule has 1 saturated heterocycles. The topological polar surface area (TPSA) is 47.9 Å². The molecule has 0 bridgehead atoms. The second-order valence-electron chi connectivity index (χ2n) is 6.81. The Morgan fingerprint density at radius 3 is 2.33 bits per heavy atom. The van der Waals surface area contributed by atoms with Gasteiger partial charge in [-0.15, -0.1) is 0 Å². The molecule has 0 unspecified atom stereocenters. The fraction of sp³-hybridized carbons (Fsp3) is 0.273. The van der Waals surface area contributed by atoms with Crippen molar-refractivity contribution in [1.82, 2.24) is 5.43 Å². The van der Waals surface area contributed by atoms with E-state index < -0.39 is 0 Å². The molecule has 1 fully saturated rings. The maximum Gasteiger partial charge on any atom is 0.271 e. The molecule has 5 nitrogen and oxygen atoms in total. The standard InChI is InChI=1S/C22H26N4O/c1-25(2)20-11-7-18(8-12-20)6-5-15-23-24-22(27)19-9-13-21(14-10-19)26-16-3-4-17-26/h5-15H,3-4,16-17H2,1-2H3,(H,24,27)/b6-5+,23-15-. The predicted molar refractivity (Wildman–Crippen MR) is 114 cm³/mol. The van der Waals surface area contributed by atoms with Crippen LogP contribution >= 0.6 is 0 Å². The highest BCUT2D eigenvalue weighted by atomic mass is 16.2. The third-order valence-corrected chi connectivity index (χ3v) is 4.63. The number of hydrogen-bond acceptors (Lipinski definition) is 4. The van der Waals surface area contributed by atoms with Crippen LogP contribution in [-0.2, 0) is 0 Å². The lowest BCUT2D eigenvalue weighted by atomic mass is 10.2. The minimum absolute atomic E-state index is 0.206. The van der Waals surface area contributed by atoms with Crippen LogP contribution in [0.5, 0.6) is 0 Å². The van der Waals surface area contributed by atoms with Crippen LogP contribution in [0.3, 0.4) is 0 Å². The van der Waals surface area contributed by atoms with Crippen molar-refractivity contribution in [2.75, 3.05) is 37.0 Å². The number of hydrazone groups is 1. The molecule has 0 aromatic heterocycles. The molecule has 1 aliphatic heterocycles. The third-order valence-electron chi connectivity index (χ3n) is 4.63. The van der Waals surface area contributed by atoms with Gasteiger partial charge in [-0.25, -0.2) is 5.43 Å². The van der Waals surface area contributed by atoms with Crippen LogP contribution in [0.25, 0.3) is 6.08 Å². The van der Waals surface area contributed by atoms with Crippen molar-refractivity contribution < 1.29 is 4.79 Å². The minimum Gasteiger partial charge on any atom is -0.378 e. The Morgan fingerprint density at radius 1 is 1.04 bits per heavy atom. The van der Waals surface area contributed by atoms with Crippen LogP contribution in [0.15, 0.2) is 59.7 Å². The Kier molecular flexibility index (Phi) is 6.26. The van der Waals surface area contributed by atoms with Crippen molar-refractivity contribution in [3.8, 4) is 0 Å². The van der Waals surface area contributed by atoms with Crippen molar-refractivity contribution in [3.05, 3.63) is 65.7 Å². The van der Waals surface area contributed by atoms with Gasteiger partial charge in [0.05, 0.1) is 0 Å². The van der Waals surface area contributed by atoms with Gasteiger partial charge >= 0.3 is 0 Å². The largest absolute Gasteiger partial charge is 0.378 e. The van der Waals surface area contributed by atoms with Gasteiger partial charge in [0, 0.05) is 50.3 Å². The van der Waals surface area contributed by atoms with E-state index in [1.165, 1.54) is 18.5 Å². The predicted octanol–water partition coefficient (Wildman–Crippen LogP) is 3.78. The van der Waals surface area contributed by atoms with Crippen LogP contribution in [-0.4, -0.2) is 39.3 Å². The molecule has 3 rings (SSSR count). The average molecular weight is 362 g/mol. The van der Waals surface area contributed by atoms with Crippen LogP contribution < -0.4 is 15.2 Å². The zero-order chi connectivity index (χ0) is 19.1. The molecule has 0 radical (unpaired) electrons. The van der Waals surface area contributed by atoms with E-state index in [-0.39, 0.29) is 5.91 Å². The number of allylic oxidation sites excluding steroid dienone is 1. The molecule has 1 amide bonds. The van der Waals surface area contributed by atoms with Gasteiger partial charge in [0.25, 0.3) is 5.91 Å². The second-order valence-corrected chi connectivity index (χ2v) is 6.81. The SMILES string of the molecule is CN(C)c1ccc(/C=C/C=N\NC(=O)c2ccc(N3CCCC3)cc2)cc1. The molecule has 0 atom stereocenters. The summed E-state index contributed by atoms with van der Waals surface area (Å²) in [6.45, 7) is 2.19. The zero-order valence-corrected chi connectivity index (χ0v) is 15.9. The molecule has 140 valence electrons. The summed E-state index contributed by atoms with van der Waals surface area (Å²) < 4.78 is 0. The quantitative estimate of drug-likeness (QED) is 0.628. The van der Waals surface area contributed by atoms with E-state index in [0.29, 0.717) is 5.56 Å². The van der Waals surface area contributed by atoms with Crippen LogP contribution in [0.4, 0.5) is 11.4 Å². The highest BCUT2D eigenvalue weighted by Gasteiger charge is 2.12. The van der Waals surface area contributed by atoms with Crippen LogP contribution in [0, 0.1) is 0 Å². The number of anilines is 2. The van der Waals surface area contributed by atoms with Crippen molar-refractivity contribution in [1.29, 1.82) is 0 Å². The summed E-state index contributed by atoms with van der Waals surface area (Å²) >= 11 is 0. The van der Waals surface area contributed by atoms with E-state index in [9.17, 15) is 4.79 Å². The Bertz CT molecular complexity index is 801. The first-order valence-electron chi connectivity index (χ1n) is 9.26. The van der Waals surface area contributed by atoms with E-state index in [1.54, 1.807) is 12.3 Å². The van der Waals surface area contributed by atoms with E-state index in [2.05, 4.69) is 32.5 Å². The van der Waals surface area contributed by atoms with Crippen LogP contribution in [0.1, 0.15) is 28.8 Å². The third kappa shape index (κ3) is 5.20. The van der Waals surface area contributed by atoms with Gasteiger partial charge in [-0.05, 0) is 60.9 Å². The molecule has 1 heterocycles. The molecule has 0 saturated carbocycles. The van der Waals surface area contributed by atoms with Gasteiger partial charge in [0.2, 0.25) is 0 Å². The smallest absolute Gasteiger partial charge is 0.271 e. The molecule has 2 aromatic carbocycles. The molecule has 2 aromatic rings. The van der Waals surface area contributed by atoms with Crippen LogP contribution in [0.2, 0.25) is 0 Å². The van der Waals surface area contributed by atoms with Gasteiger partial charge in [0.15, 0.2) is 0 Å². The lowest BCUT2D eigenvalue weighted by Gasteiger charge is -2.17. The number of carbonyl (C=O) groups is 1. The second kappa shape index (κ2) is 9.03. The lowest BCUT2D eigenvalue weighted by Crippen LogP contribution is -2.19. The first-order chi connectivity index (χ1) is 13.1. The summed E-state index contributed by atoms with van der Waals surface area (Å²) in [4.78, 5) is 16.5. The Labute approximate surface area is 161 Å². The summed E-state index contributed by atoms with van der Waals surface area (Å²) in [6, 6.07) is 15.9. The molecule has 1 N–H and O–H groups in total. The van der Waals surface area contributed by atoms with E-state index in [0.717, 1.165) is 24.3 Å². The van der Waals surface area contributed by atoms with Gasteiger partial charge in [-0.2, -0.15) is 5.10 Å². The van der Waals surface area contributed by atoms with E-state index in [1.807, 2.05) is 56.6 Å². The van der Waals surface area contributed by atoms with Crippen molar-refractivity contribution in [3.63, 3.8) is 0 Å².